The third-order valence-corrected chi connectivity index (χ3v) is 15.6. The highest BCUT2D eigenvalue weighted by molar-refractivity contribution is 7.13. The van der Waals surface area contributed by atoms with Crippen LogP contribution in [0.25, 0.3) is 5.70 Å². The van der Waals surface area contributed by atoms with Crippen LogP contribution in [0.4, 0.5) is 10.8 Å². The van der Waals surface area contributed by atoms with Gasteiger partial charge in [0.05, 0.1) is 51.2 Å². The molecule has 4 unspecified atom stereocenters. The fraction of sp³-hybridized carbons (Fsp3) is 0.473. The van der Waals surface area contributed by atoms with E-state index in [0.717, 1.165) is 99.4 Å². The number of likely N-dealkylation sites (tertiary alicyclic amines) is 1. The molecular formula is C55H70N10O7S. The molecule has 1 aliphatic carbocycles. The summed E-state index contributed by atoms with van der Waals surface area (Å²) in [5.41, 5.74) is 11.9. The maximum Gasteiger partial charge on any atom is 0.262 e. The predicted molar refractivity (Wildman–Crippen MR) is 283 cm³/mol. The number of benzene rings is 3. The molecule has 4 aromatic rings. The zero-order valence-corrected chi connectivity index (χ0v) is 43.0. The number of aromatic nitrogens is 1. The summed E-state index contributed by atoms with van der Waals surface area (Å²) in [6, 6.07) is 21.8. The quantitative estimate of drug-likeness (QED) is 0.0401. The molecule has 0 spiro atoms. The summed E-state index contributed by atoms with van der Waals surface area (Å²) in [6.45, 7) is 17.9. The molecule has 9 rings (SSSR count). The average Bonchev–Trinajstić information content (AvgIpc) is 4.00. The number of aldehydes is 1. The summed E-state index contributed by atoms with van der Waals surface area (Å²) in [5, 5.41) is 8.92. The largest absolute Gasteiger partial charge is 0.379 e. The molecule has 0 bridgehead atoms. The van der Waals surface area contributed by atoms with Crippen molar-refractivity contribution in [3.05, 3.63) is 130 Å². The number of hydrazine groups is 1. The molecule has 0 saturated carbocycles. The zero-order chi connectivity index (χ0) is 50.7. The molecule has 1 aromatic heterocycles. The van der Waals surface area contributed by atoms with Crippen LogP contribution < -0.4 is 21.5 Å². The second-order valence-electron chi connectivity index (χ2n) is 19.9. The van der Waals surface area contributed by atoms with Crippen molar-refractivity contribution >= 4 is 51.9 Å². The van der Waals surface area contributed by atoms with Gasteiger partial charge in [-0.3, -0.25) is 49.1 Å². The van der Waals surface area contributed by atoms with E-state index < -0.39 is 6.04 Å². The second-order valence-corrected chi connectivity index (χ2v) is 20.8. The van der Waals surface area contributed by atoms with Crippen molar-refractivity contribution in [2.24, 2.45) is 0 Å². The van der Waals surface area contributed by atoms with Crippen molar-refractivity contribution in [3.63, 3.8) is 0 Å². The number of nitrogens with one attached hydrogen (secondary N) is 4. The van der Waals surface area contributed by atoms with Crippen molar-refractivity contribution in [1.29, 1.82) is 0 Å². The standard InChI is InChI=1S/C55H70N10O7S/c1-39-46-10-7-11-47(50(46)53(69)65(39)48-14-15-49(67)60-59-48)57-44-36-63(37-44)26-28-71-30-32-72-31-29-70-27-25-62-21-23-64(24-22-62)45-16-18-55(2,19-17-45)43-13-12-41(42(34-43)38-66)35-61(3)51(40-8-5-4-6-9-40)52(68)58-54-56-20-33-73-54/h4-13,16,18,20,33-34,38,44-45,48,51,57,59H,1,14-15,17,19,21-32,35-37H2,2-3H3,(H,60,67)(H,56,58,68). The fourth-order valence-electron chi connectivity index (χ4n) is 10.7. The van der Waals surface area contributed by atoms with Crippen LogP contribution in [0.5, 0.6) is 0 Å². The Bertz CT molecular complexity index is 2560. The molecule has 4 N–H and O–H groups in total. The number of likely N-dealkylation sites (N-methyl/N-ethyl adjacent to an activating group) is 1. The molecule has 4 atom stereocenters. The molecule has 17 nitrogen and oxygen atoms in total. The molecule has 18 heteroatoms. The number of thiazole rings is 1. The molecule has 0 radical (unpaired) electrons. The summed E-state index contributed by atoms with van der Waals surface area (Å²) < 4.78 is 17.5. The van der Waals surface area contributed by atoms with Crippen LogP contribution in [-0.2, 0) is 35.8 Å². The van der Waals surface area contributed by atoms with E-state index in [1.807, 2.05) is 71.9 Å². The third kappa shape index (κ3) is 12.8. The number of rotatable bonds is 24. The normalized spacial score (nSPS) is 22.3. The highest BCUT2D eigenvalue weighted by Gasteiger charge is 2.40. The molecule has 3 fully saturated rings. The Balaban J connectivity index is 0.614. The van der Waals surface area contributed by atoms with Crippen molar-refractivity contribution < 1.29 is 33.4 Å². The van der Waals surface area contributed by atoms with Gasteiger partial charge in [-0.1, -0.05) is 80.3 Å². The Labute approximate surface area is 432 Å². The lowest BCUT2D eigenvalue weighted by molar-refractivity contribution is -0.125. The molecule has 3 aromatic carbocycles. The van der Waals surface area contributed by atoms with Gasteiger partial charge in [-0.2, -0.15) is 0 Å². The highest BCUT2D eigenvalue weighted by atomic mass is 32.1. The molecule has 5 heterocycles. The Morgan fingerprint density at radius 2 is 1.68 bits per heavy atom. The number of piperazine rings is 1. The van der Waals surface area contributed by atoms with Gasteiger partial charge in [0.15, 0.2) is 5.13 Å². The van der Waals surface area contributed by atoms with Gasteiger partial charge in [0.25, 0.3) is 5.91 Å². The monoisotopic (exact) mass is 1010 g/mol. The minimum Gasteiger partial charge on any atom is -0.379 e. The SMILES string of the molecule is C=C1c2cccc(NC3CN(CCOCCOCCOCCN4CCN(C5C=CC(C)(c6ccc(CN(C)C(C(=O)Nc7nccs7)c7ccccc7)c(C=O)c6)CC5)CC4)C3)c2C(=O)N1C1CCC(=O)NN1. The first-order valence-electron chi connectivity index (χ1n) is 25.7. The van der Waals surface area contributed by atoms with E-state index >= 15 is 0 Å². The van der Waals surface area contributed by atoms with Crippen LogP contribution in [0.15, 0.2) is 97.0 Å². The number of carbonyl (C=O) groups is 4. The molecule has 3 saturated heterocycles. The van der Waals surface area contributed by atoms with Gasteiger partial charge in [0.2, 0.25) is 11.8 Å². The third-order valence-electron chi connectivity index (χ3n) is 14.9. The lowest BCUT2D eigenvalue weighted by Gasteiger charge is -2.42. The van der Waals surface area contributed by atoms with Crippen molar-refractivity contribution in [2.45, 2.75) is 68.9 Å². The summed E-state index contributed by atoms with van der Waals surface area (Å²) in [7, 11) is 1.92. The molecule has 3 amide bonds. The number of ether oxygens (including phenoxy) is 3. The van der Waals surface area contributed by atoms with Crippen LogP contribution in [0.1, 0.15) is 81.6 Å². The summed E-state index contributed by atoms with van der Waals surface area (Å²) in [6.07, 6.45) is 9.93. The first kappa shape index (κ1) is 52.2. The van der Waals surface area contributed by atoms with E-state index in [9.17, 15) is 19.2 Å². The number of carbonyl (C=O) groups excluding carboxylic acids is 4. The molecule has 388 valence electrons. The van der Waals surface area contributed by atoms with Crippen molar-refractivity contribution in [3.8, 4) is 0 Å². The second kappa shape index (κ2) is 24.6. The van der Waals surface area contributed by atoms with Gasteiger partial charge < -0.3 is 24.8 Å². The number of nitrogens with zero attached hydrogens (tertiary/aromatic N) is 6. The van der Waals surface area contributed by atoms with Crippen LogP contribution in [0.3, 0.4) is 0 Å². The van der Waals surface area contributed by atoms with Crippen LogP contribution in [0, 0.1) is 0 Å². The smallest absolute Gasteiger partial charge is 0.262 e. The van der Waals surface area contributed by atoms with Gasteiger partial charge in [-0.15, -0.1) is 11.3 Å². The predicted octanol–water partition coefficient (Wildman–Crippen LogP) is 5.37. The highest BCUT2D eigenvalue weighted by Crippen LogP contribution is 2.39. The first-order chi connectivity index (χ1) is 35.6. The lowest BCUT2D eigenvalue weighted by Crippen LogP contribution is -2.56. The minimum atomic E-state index is -0.568. The maximum absolute atomic E-state index is 13.6. The molecule has 73 heavy (non-hydrogen) atoms. The number of hydrogen-bond acceptors (Lipinski definition) is 15. The van der Waals surface area contributed by atoms with Crippen molar-refractivity contribution in [2.75, 3.05) is 110 Å². The summed E-state index contributed by atoms with van der Waals surface area (Å²) in [5.74, 6) is -0.356. The van der Waals surface area contributed by atoms with E-state index in [4.69, 9.17) is 14.2 Å². The number of amides is 3. The molecule has 5 aliphatic rings. The van der Waals surface area contributed by atoms with E-state index in [1.54, 1.807) is 11.1 Å². The van der Waals surface area contributed by atoms with Gasteiger partial charge in [0, 0.05) is 111 Å². The van der Waals surface area contributed by atoms with Gasteiger partial charge in [-0.25, -0.2) is 10.4 Å². The number of anilines is 2. The van der Waals surface area contributed by atoms with Gasteiger partial charge in [-0.05, 0) is 55.1 Å². The zero-order valence-electron chi connectivity index (χ0n) is 42.1. The van der Waals surface area contributed by atoms with Crippen LogP contribution in [-0.4, -0.2) is 171 Å². The van der Waals surface area contributed by atoms with Gasteiger partial charge in [0.1, 0.15) is 18.5 Å². The topological polar surface area (TPSA) is 173 Å². The molecule has 4 aliphatic heterocycles. The molecular weight excluding hydrogens is 945 g/mol. The Hall–Kier alpha value is -5.67. The van der Waals surface area contributed by atoms with Crippen LogP contribution in [0.2, 0.25) is 0 Å². The first-order valence-corrected chi connectivity index (χ1v) is 26.6. The minimum absolute atomic E-state index is 0.0806. The maximum atomic E-state index is 13.6. The lowest BCUT2D eigenvalue weighted by atomic mass is 9.73. The Kier molecular flexibility index (Phi) is 17.6. The van der Waals surface area contributed by atoms with E-state index in [1.165, 1.54) is 11.3 Å². The number of hydrogen-bond donors (Lipinski definition) is 4. The van der Waals surface area contributed by atoms with Crippen LogP contribution >= 0.6 is 11.3 Å². The van der Waals surface area contributed by atoms with E-state index in [0.29, 0.717) is 87.0 Å². The Morgan fingerprint density at radius 3 is 2.36 bits per heavy atom. The summed E-state index contributed by atoms with van der Waals surface area (Å²) >= 11 is 1.38. The average molecular weight is 1020 g/mol. The summed E-state index contributed by atoms with van der Waals surface area (Å²) in [4.78, 5) is 66.6. The van der Waals surface area contributed by atoms with E-state index in [2.05, 4.69) is 79.0 Å². The Morgan fingerprint density at radius 1 is 0.945 bits per heavy atom. The number of fused-ring (bicyclic) bond motifs is 1. The fourth-order valence-corrected chi connectivity index (χ4v) is 11.2. The number of allylic oxidation sites excluding steroid dienone is 1. The van der Waals surface area contributed by atoms with E-state index in [-0.39, 0.29) is 35.3 Å². The van der Waals surface area contributed by atoms with Crippen molar-refractivity contribution in [1.82, 2.24) is 40.3 Å². The van der Waals surface area contributed by atoms with Gasteiger partial charge >= 0.3 is 0 Å².